The van der Waals surface area contributed by atoms with E-state index < -0.39 is 0 Å². The molecule has 2 heteroatoms. The Kier molecular flexibility index (Phi) is 4.79. The molecule has 2 nitrogen and oxygen atoms in total. The molecule has 126 valence electrons. The van der Waals surface area contributed by atoms with Gasteiger partial charge in [0.15, 0.2) is 0 Å². The van der Waals surface area contributed by atoms with Gasteiger partial charge in [0.25, 0.3) is 0 Å². The molecule has 0 bridgehead atoms. The van der Waals surface area contributed by atoms with Crippen LogP contribution in [0.25, 0.3) is 0 Å². The molecular formula is C21H31NO. The molecule has 0 radical (unpaired) electrons. The van der Waals surface area contributed by atoms with Crippen LogP contribution < -0.4 is 0 Å². The van der Waals surface area contributed by atoms with Gasteiger partial charge in [0, 0.05) is 12.1 Å². The molecule has 1 heterocycles. The molecule has 3 unspecified atom stereocenters. The number of benzene rings is 1. The first-order valence-corrected chi connectivity index (χ1v) is 9.37. The molecule has 1 aliphatic carbocycles. The van der Waals surface area contributed by atoms with Crippen molar-refractivity contribution >= 4 is 5.91 Å². The lowest BCUT2D eigenvalue weighted by atomic mass is 9.86. The molecule has 1 aromatic rings. The molecule has 2 fully saturated rings. The highest BCUT2D eigenvalue weighted by Gasteiger charge is 2.48. The van der Waals surface area contributed by atoms with E-state index in [-0.39, 0.29) is 5.92 Å². The third-order valence-electron chi connectivity index (χ3n) is 5.99. The monoisotopic (exact) mass is 313 g/mol. The Hall–Kier alpha value is -1.31. The topological polar surface area (TPSA) is 20.3 Å². The number of nitrogens with zero attached hydrogens (tertiary/aromatic N) is 1. The van der Waals surface area contributed by atoms with Crippen molar-refractivity contribution in [3.63, 3.8) is 0 Å². The molecule has 1 saturated carbocycles. The van der Waals surface area contributed by atoms with E-state index in [1.54, 1.807) is 0 Å². The quantitative estimate of drug-likeness (QED) is 0.778. The molecule has 1 amide bonds. The molecular weight excluding hydrogens is 282 g/mol. The highest BCUT2D eigenvalue weighted by atomic mass is 16.2. The molecule has 0 spiro atoms. The Bertz CT molecular complexity index is 536. The summed E-state index contributed by atoms with van der Waals surface area (Å²) in [5.41, 5.74) is 1.18. The zero-order valence-corrected chi connectivity index (χ0v) is 15.0. The Balaban J connectivity index is 1.92. The van der Waals surface area contributed by atoms with E-state index >= 15 is 0 Å². The maximum atomic E-state index is 13.6. The Morgan fingerprint density at radius 1 is 1.09 bits per heavy atom. The van der Waals surface area contributed by atoms with Crippen molar-refractivity contribution in [1.29, 1.82) is 0 Å². The highest BCUT2D eigenvalue weighted by Crippen LogP contribution is 2.45. The van der Waals surface area contributed by atoms with Crippen molar-refractivity contribution in [3.05, 3.63) is 35.9 Å². The summed E-state index contributed by atoms with van der Waals surface area (Å²) in [7, 11) is 0. The number of carbonyl (C=O) groups excluding carboxylic acids is 1. The molecule has 0 aromatic heterocycles. The van der Waals surface area contributed by atoms with E-state index in [2.05, 4.69) is 56.9 Å². The first-order chi connectivity index (χ1) is 11.0. The van der Waals surface area contributed by atoms with Crippen LogP contribution in [0.15, 0.2) is 30.3 Å². The molecule has 4 atom stereocenters. The maximum Gasteiger partial charge on any atom is 0.230 e. The van der Waals surface area contributed by atoms with Crippen LogP contribution in [0, 0.1) is 17.8 Å². The van der Waals surface area contributed by atoms with Gasteiger partial charge in [-0.3, -0.25) is 4.79 Å². The van der Waals surface area contributed by atoms with Crippen LogP contribution in [0.5, 0.6) is 0 Å². The normalized spacial score (nSPS) is 28.4. The number of likely N-dealkylation sites (tertiary alicyclic amines) is 1. The summed E-state index contributed by atoms with van der Waals surface area (Å²) >= 11 is 0. The summed E-state index contributed by atoms with van der Waals surface area (Å²) in [6.45, 7) is 8.92. The van der Waals surface area contributed by atoms with E-state index in [1.807, 2.05) is 6.07 Å². The molecule has 0 N–H and O–H groups in total. The minimum atomic E-state index is -0.00296. The minimum Gasteiger partial charge on any atom is -0.336 e. The Labute approximate surface area is 141 Å². The van der Waals surface area contributed by atoms with Crippen molar-refractivity contribution in [2.24, 2.45) is 17.8 Å². The van der Waals surface area contributed by atoms with Crippen LogP contribution in [-0.2, 0) is 4.79 Å². The van der Waals surface area contributed by atoms with Gasteiger partial charge in [-0.1, -0.05) is 64.4 Å². The Morgan fingerprint density at radius 2 is 1.78 bits per heavy atom. The fraction of sp³-hybridized carbons (Fsp3) is 0.667. The lowest BCUT2D eigenvalue weighted by Crippen LogP contribution is -2.46. The summed E-state index contributed by atoms with van der Waals surface area (Å²) in [6, 6.07) is 11.3. The lowest BCUT2D eigenvalue weighted by Gasteiger charge is -2.36. The number of hydrogen-bond donors (Lipinski definition) is 0. The van der Waals surface area contributed by atoms with Crippen LogP contribution in [0.2, 0.25) is 0 Å². The third-order valence-corrected chi connectivity index (χ3v) is 5.99. The maximum absolute atomic E-state index is 13.6. The van der Waals surface area contributed by atoms with Crippen LogP contribution in [0.1, 0.15) is 64.9 Å². The predicted octanol–water partition coefficient (Wildman–Crippen LogP) is 4.85. The summed E-state index contributed by atoms with van der Waals surface area (Å²) in [5, 5.41) is 0. The van der Waals surface area contributed by atoms with E-state index in [0.29, 0.717) is 29.8 Å². The summed E-state index contributed by atoms with van der Waals surface area (Å²) in [4.78, 5) is 15.9. The largest absolute Gasteiger partial charge is 0.336 e. The summed E-state index contributed by atoms with van der Waals surface area (Å²) < 4.78 is 0. The van der Waals surface area contributed by atoms with Crippen molar-refractivity contribution < 1.29 is 4.79 Å². The van der Waals surface area contributed by atoms with E-state index in [4.69, 9.17) is 0 Å². The van der Waals surface area contributed by atoms with Gasteiger partial charge in [0.05, 0.1) is 5.92 Å². The van der Waals surface area contributed by atoms with E-state index in [1.165, 1.54) is 31.2 Å². The molecule has 1 saturated heterocycles. The standard InChI is InChI=1S/C21H31NO/c1-14(2)19-13-17-11-8-12-18(17)22(19)21(23)20(15(3)4)16-9-6-5-7-10-16/h5-7,9-10,14-15,17-20H,8,11-13H2,1-4H3/t17?,18?,19-,20?/m0/s1. The lowest BCUT2D eigenvalue weighted by molar-refractivity contribution is -0.137. The average Bonchev–Trinajstić information content (AvgIpc) is 3.08. The summed E-state index contributed by atoms with van der Waals surface area (Å²) in [6.07, 6.45) is 5.03. The van der Waals surface area contributed by atoms with Gasteiger partial charge in [0.1, 0.15) is 0 Å². The van der Waals surface area contributed by atoms with Crippen molar-refractivity contribution in [3.8, 4) is 0 Å². The molecule has 2 aliphatic rings. The van der Waals surface area contributed by atoms with Gasteiger partial charge < -0.3 is 4.90 Å². The fourth-order valence-corrected chi connectivity index (χ4v) is 4.88. The van der Waals surface area contributed by atoms with Gasteiger partial charge in [-0.25, -0.2) is 0 Å². The molecule has 23 heavy (non-hydrogen) atoms. The van der Waals surface area contributed by atoms with Crippen molar-refractivity contribution in [2.75, 3.05) is 0 Å². The van der Waals surface area contributed by atoms with Gasteiger partial charge in [-0.2, -0.15) is 0 Å². The number of fused-ring (bicyclic) bond motifs is 1. The van der Waals surface area contributed by atoms with Gasteiger partial charge in [0.2, 0.25) is 5.91 Å². The Morgan fingerprint density at radius 3 is 2.39 bits per heavy atom. The van der Waals surface area contributed by atoms with Crippen molar-refractivity contribution in [2.45, 2.75) is 71.4 Å². The minimum absolute atomic E-state index is 0.00296. The number of carbonyl (C=O) groups is 1. The van der Waals surface area contributed by atoms with Crippen LogP contribution in [0.3, 0.4) is 0 Å². The molecule has 1 aliphatic heterocycles. The van der Waals surface area contributed by atoms with Crippen molar-refractivity contribution in [1.82, 2.24) is 4.90 Å². The first-order valence-electron chi connectivity index (χ1n) is 9.37. The van der Waals surface area contributed by atoms with E-state index in [0.717, 1.165) is 5.92 Å². The zero-order chi connectivity index (χ0) is 16.6. The molecule has 3 rings (SSSR count). The van der Waals surface area contributed by atoms with E-state index in [9.17, 15) is 4.79 Å². The van der Waals surface area contributed by atoms with Gasteiger partial charge in [-0.15, -0.1) is 0 Å². The van der Waals surface area contributed by atoms with Crippen LogP contribution in [0.4, 0.5) is 0 Å². The van der Waals surface area contributed by atoms with Crippen LogP contribution in [-0.4, -0.2) is 22.9 Å². The average molecular weight is 313 g/mol. The fourth-order valence-electron chi connectivity index (χ4n) is 4.88. The highest BCUT2D eigenvalue weighted by molar-refractivity contribution is 5.85. The smallest absolute Gasteiger partial charge is 0.230 e. The zero-order valence-electron chi connectivity index (χ0n) is 15.0. The number of amides is 1. The second-order valence-corrected chi connectivity index (χ2v) is 8.18. The molecule has 1 aromatic carbocycles. The van der Waals surface area contributed by atoms with Gasteiger partial charge >= 0.3 is 0 Å². The third kappa shape index (κ3) is 3.05. The second kappa shape index (κ2) is 6.67. The predicted molar refractivity (Wildman–Crippen MR) is 95.2 cm³/mol. The number of rotatable bonds is 4. The van der Waals surface area contributed by atoms with Crippen LogP contribution >= 0.6 is 0 Å². The SMILES string of the molecule is CC(C)C(C(=O)N1C2CCCC2C[C@H]1C(C)C)c1ccccc1. The first kappa shape index (κ1) is 16.5. The van der Waals surface area contributed by atoms with Gasteiger partial charge in [-0.05, 0) is 42.6 Å². The summed E-state index contributed by atoms with van der Waals surface area (Å²) in [5.74, 6) is 2.00. The number of hydrogen-bond acceptors (Lipinski definition) is 1. The second-order valence-electron chi connectivity index (χ2n) is 8.18.